The number of benzene rings is 1. The fraction of sp³-hybridized carbons (Fsp3) is 0.333. The van der Waals surface area contributed by atoms with Crippen LogP contribution >= 0.6 is 0 Å². The van der Waals surface area contributed by atoms with Gasteiger partial charge in [-0.05, 0) is 29.6 Å². The second-order valence-corrected chi connectivity index (χ2v) is 2.91. The van der Waals surface area contributed by atoms with E-state index in [1.54, 1.807) is 13.0 Å². The van der Waals surface area contributed by atoms with Gasteiger partial charge in [-0.3, -0.25) is 0 Å². The summed E-state index contributed by atoms with van der Waals surface area (Å²) in [7, 11) is 0. The van der Waals surface area contributed by atoms with Crippen LogP contribution in [0.3, 0.4) is 0 Å². The second kappa shape index (κ2) is 4.60. The number of halogens is 1. The van der Waals surface area contributed by atoms with Crippen LogP contribution in [0.4, 0.5) is 4.39 Å². The molecule has 4 nitrogen and oxygen atoms in total. The van der Waals surface area contributed by atoms with E-state index in [1.807, 2.05) is 0 Å². The smallest absolute Gasteiger partial charge is 0.126 e. The van der Waals surface area contributed by atoms with Crippen LogP contribution in [0.2, 0.25) is 0 Å². The summed E-state index contributed by atoms with van der Waals surface area (Å²) >= 11 is 0. The Labute approximate surface area is 80.6 Å². The second-order valence-electron chi connectivity index (χ2n) is 2.91. The van der Waals surface area contributed by atoms with Crippen LogP contribution in [0.15, 0.2) is 23.3 Å². The van der Waals surface area contributed by atoms with Crippen molar-refractivity contribution in [1.82, 2.24) is 0 Å². The van der Waals surface area contributed by atoms with Gasteiger partial charge in [-0.15, -0.1) is 0 Å². The molecular weight excluding hydrogens is 185 g/mol. The maximum Gasteiger partial charge on any atom is 0.126 e. The molecule has 0 aromatic heterocycles. The van der Waals surface area contributed by atoms with Crippen LogP contribution in [0, 0.1) is 12.7 Å². The molecule has 0 amide bonds. The molecule has 0 saturated heterocycles. The van der Waals surface area contributed by atoms with Gasteiger partial charge in [0.25, 0.3) is 0 Å². The van der Waals surface area contributed by atoms with Gasteiger partial charge in [0.2, 0.25) is 0 Å². The monoisotopic (exact) mass is 195 g/mol. The highest BCUT2D eigenvalue weighted by Gasteiger charge is 2.09. The molecule has 1 atom stereocenters. The van der Waals surface area contributed by atoms with Gasteiger partial charge in [-0.2, -0.15) is 0 Å². The van der Waals surface area contributed by atoms with Crippen molar-refractivity contribution in [2.45, 2.75) is 13.0 Å². The number of aliphatic hydroxyl groups is 1. The molecule has 1 N–H and O–H groups in total. The Morgan fingerprint density at radius 1 is 1.64 bits per heavy atom. The van der Waals surface area contributed by atoms with Crippen LogP contribution in [0.1, 0.15) is 17.2 Å². The number of hydrogen-bond donors (Lipinski definition) is 1. The minimum atomic E-state index is -0.640. The maximum atomic E-state index is 12.9. The Bertz CT molecular complexity index is 374. The lowest BCUT2D eigenvalue weighted by Crippen LogP contribution is -2.00. The lowest BCUT2D eigenvalue weighted by molar-refractivity contribution is 0.268. The van der Waals surface area contributed by atoms with Gasteiger partial charge < -0.3 is 5.11 Å². The molecule has 0 bridgehead atoms. The van der Waals surface area contributed by atoms with Gasteiger partial charge in [-0.1, -0.05) is 17.2 Å². The third-order valence-corrected chi connectivity index (χ3v) is 1.93. The molecule has 74 valence electrons. The predicted octanol–water partition coefficient (Wildman–Crippen LogP) is 2.48. The van der Waals surface area contributed by atoms with Crippen molar-refractivity contribution in [2.24, 2.45) is 5.11 Å². The summed E-state index contributed by atoms with van der Waals surface area (Å²) < 4.78 is 12.9. The number of hydrogen-bond acceptors (Lipinski definition) is 2. The van der Waals surface area contributed by atoms with Crippen molar-refractivity contribution in [1.29, 1.82) is 0 Å². The first-order chi connectivity index (χ1) is 6.69. The van der Waals surface area contributed by atoms with Gasteiger partial charge in [0.1, 0.15) is 5.82 Å². The Kier molecular flexibility index (Phi) is 3.45. The maximum absolute atomic E-state index is 12.9. The molecule has 0 fully saturated rings. The Morgan fingerprint density at radius 2 is 2.36 bits per heavy atom. The summed E-state index contributed by atoms with van der Waals surface area (Å²) in [4.78, 5) is 2.61. The third kappa shape index (κ3) is 2.22. The van der Waals surface area contributed by atoms with E-state index in [-0.39, 0.29) is 12.4 Å². The Hall–Kier alpha value is -1.58. The predicted molar refractivity (Wildman–Crippen MR) is 50.1 cm³/mol. The zero-order chi connectivity index (χ0) is 10.6. The van der Waals surface area contributed by atoms with Gasteiger partial charge in [0, 0.05) is 4.91 Å². The summed E-state index contributed by atoms with van der Waals surface area (Å²) in [6.07, 6.45) is 0. The summed E-state index contributed by atoms with van der Waals surface area (Å²) in [6.45, 7) is 1.33. The van der Waals surface area contributed by atoms with E-state index in [0.29, 0.717) is 11.1 Å². The first-order valence-corrected chi connectivity index (χ1v) is 4.10. The van der Waals surface area contributed by atoms with Crippen molar-refractivity contribution in [3.63, 3.8) is 0 Å². The largest absolute Gasteiger partial charge is 0.396 e. The third-order valence-electron chi connectivity index (χ3n) is 1.93. The highest BCUT2D eigenvalue weighted by atomic mass is 19.1. The van der Waals surface area contributed by atoms with Gasteiger partial charge >= 0.3 is 0 Å². The van der Waals surface area contributed by atoms with Gasteiger partial charge in [0.05, 0.1) is 12.6 Å². The van der Waals surface area contributed by atoms with E-state index < -0.39 is 6.04 Å². The summed E-state index contributed by atoms with van der Waals surface area (Å²) in [6, 6.07) is 3.71. The molecule has 0 spiro atoms. The van der Waals surface area contributed by atoms with Crippen LogP contribution in [-0.2, 0) is 0 Å². The lowest BCUT2D eigenvalue weighted by atomic mass is 10.1. The van der Waals surface area contributed by atoms with Crippen LogP contribution in [-0.4, -0.2) is 11.7 Å². The Balaban J connectivity index is 3.05. The van der Waals surface area contributed by atoms with Crippen LogP contribution < -0.4 is 0 Å². The molecule has 14 heavy (non-hydrogen) atoms. The molecule has 0 saturated carbocycles. The summed E-state index contributed by atoms with van der Waals surface area (Å²) in [5.41, 5.74) is 9.31. The zero-order valence-corrected chi connectivity index (χ0v) is 7.68. The van der Waals surface area contributed by atoms with E-state index >= 15 is 0 Å². The van der Waals surface area contributed by atoms with Crippen LogP contribution in [0.5, 0.6) is 0 Å². The molecule has 1 unspecified atom stereocenters. The zero-order valence-electron chi connectivity index (χ0n) is 7.68. The van der Waals surface area contributed by atoms with E-state index in [4.69, 9.17) is 10.6 Å². The van der Waals surface area contributed by atoms with E-state index in [0.717, 1.165) is 0 Å². The highest BCUT2D eigenvalue weighted by Crippen LogP contribution is 2.19. The van der Waals surface area contributed by atoms with Crippen molar-refractivity contribution >= 4 is 0 Å². The van der Waals surface area contributed by atoms with Crippen molar-refractivity contribution < 1.29 is 9.50 Å². The molecular formula is C9H10FN3O. The first-order valence-electron chi connectivity index (χ1n) is 4.10. The van der Waals surface area contributed by atoms with Crippen molar-refractivity contribution in [2.75, 3.05) is 6.61 Å². The molecule has 0 radical (unpaired) electrons. The molecule has 0 aliphatic carbocycles. The standard InChI is InChI=1S/C9H10FN3O/c1-6-4-7(2-3-8(6)10)9(5-14)12-13-11/h2-4,9,14H,5H2,1H3. The lowest BCUT2D eigenvalue weighted by Gasteiger charge is -2.08. The highest BCUT2D eigenvalue weighted by molar-refractivity contribution is 5.26. The van der Waals surface area contributed by atoms with Crippen LogP contribution in [0.25, 0.3) is 10.4 Å². The molecule has 0 aliphatic heterocycles. The van der Waals surface area contributed by atoms with Crippen molar-refractivity contribution in [3.8, 4) is 0 Å². The van der Waals surface area contributed by atoms with Gasteiger partial charge in [-0.25, -0.2) is 4.39 Å². The molecule has 5 heteroatoms. The van der Waals surface area contributed by atoms with E-state index in [9.17, 15) is 4.39 Å². The van der Waals surface area contributed by atoms with Gasteiger partial charge in [0.15, 0.2) is 0 Å². The van der Waals surface area contributed by atoms with E-state index in [1.165, 1.54) is 12.1 Å². The summed E-state index contributed by atoms with van der Waals surface area (Å²) in [5.74, 6) is -0.314. The molecule has 0 heterocycles. The fourth-order valence-corrected chi connectivity index (χ4v) is 1.15. The molecule has 1 aromatic rings. The quantitative estimate of drug-likeness (QED) is 0.449. The SMILES string of the molecule is Cc1cc(C(CO)N=[N+]=[N-])ccc1F. The summed E-state index contributed by atoms with van der Waals surface area (Å²) in [5, 5.41) is 12.3. The Morgan fingerprint density at radius 3 is 2.86 bits per heavy atom. The first kappa shape index (κ1) is 10.5. The average molecular weight is 195 g/mol. The van der Waals surface area contributed by atoms with E-state index in [2.05, 4.69) is 10.0 Å². The molecule has 1 aromatic carbocycles. The number of rotatable bonds is 3. The minimum Gasteiger partial charge on any atom is -0.396 e. The molecule has 0 aliphatic rings. The number of nitrogens with zero attached hydrogens (tertiary/aromatic N) is 3. The fourth-order valence-electron chi connectivity index (χ4n) is 1.15. The number of aryl methyl sites for hydroxylation is 1. The minimum absolute atomic E-state index is 0.283. The number of azide groups is 1. The average Bonchev–Trinajstić information content (AvgIpc) is 2.19. The normalized spacial score (nSPS) is 11.9. The topological polar surface area (TPSA) is 69.0 Å². The van der Waals surface area contributed by atoms with Crippen molar-refractivity contribution in [3.05, 3.63) is 45.6 Å². The molecule has 1 rings (SSSR count). The number of aliphatic hydroxyl groups excluding tert-OH is 1.